The molecule has 2 aromatic rings. The van der Waals surface area contributed by atoms with E-state index in [0.717, 1.165) is 12.8 Å². The van der Waals surface area contributed by atoms with Crippen LogP contribution in [0.5, 0.6) is 0 Å². The van der Waals surface area contributed by atoms with Gasteiger partial charge in [0.1, 0.15) is 0 Å². The molecule has 0 aliphatic heterocycles. The van der Waals surface area contributed by atoms with E-state index in [1.165, 1.54) is 28.7 Å². The van der Waals surface area contributed by atoms with Crippen LogP contribution in [0.1, 0.15) is 34.6 Å². The molecule has 19 heavy (non-hydrogen) atoms. The van der Waals surface area contributed by atoms with Crippen LogP contribution in [-0.4, -0.2) is 6.04 Å². The fourth-order valence-electron chi connectivity index (χ4n) is 3.14. The van der Waals surface area contributed by atoms with Crippen molar-refractivity contribution in [3.63, 3.8) is 0 Å². The molecule has 0 heterocycles. The average molecular weight is 251 g/mol. The highest BCUT2D eigenvalue weighted by Crippen LogP contribution is 2.38. The summed E-state index contributed by atoms with van der Waals surface area (Å²) in [7, 11) is 0. The summed E-state index contributed by atoms with van der Waals surface area (Å²) in [4.78, 5) is 0. The Bertz CT molecular complexity index is 573. The standard InChI is InChI=1S/C18H21N/c1-13-6-2-3-7-14(13)11-17(19)12-16-10-15-8-4-5-9-18(15)16/h2-9,16-17H,10-12,19H2,1H3. The van der Waals surface area contributed by atoms with Crippen molar-refractivity contribution in [3.05, 3.63) is 70.8 Å². The number of fused-ring (bicyclic) bond motifs is 1. The lowest BCUT2D eigenvalue weighted by Gasteiger charge is -2.32. The van der Waals surface area contributed by atoms with E-state index in [1.54, 1.807) is 0 Å². The van der Waals surface area contributed by atoms with Gasteiger partial charge in [-0.3, -0.25) is 0 Å². The second kappa shape index (κ2) is 5.18. The van der Waals surface area contributed by atoms with Crippen LogP contribution in [-0.2, 0) is 12.8 Å². The maximum Gasteiger partial charge on any atom is 0.00853 e. The van der Waals surface area contributed by atoms with Gasteiger partial charge < -0.3 is 5.73 Å². The first-order valence-electron chi connectivity index (χ1n) is 7.12. The van der Waals surface area contributed by atoms with Crippen molar-refractivity contribution >= 4 is 0 Å². The average Bonchev–Trinajstić information content (AvgIpc) is 2.39. The van der Waals surface area contributed by atoms with Crippen LogP contribution in [0.25, 0.3) is 0 Å². The predicted molar refractivity (Wildman–Crippen MR) is 80.4 cm³/mol. The van der Waals surface area contributed by atoms with Crippen LogP contribution in [0.4, 0.5) is 0 Å². The Kier molecular flexibility index (Phi) is 3.39. The van der Waals surface area contributed by atoms with Gasteiger partial charge >= 0.3 is 0 Å². The first kappa shape index (κ1) is 12.4. The Balaban J connectivity index is 1.62. The van der Waals surface area contributed by atoms with Gasteiger partial charge in [-0.1, -0.05) is 48.5 Å². The molecule has 0 amide bonds. The number of rotatable bonds is 4. The molecule has 2 atom stereocenters. The van der Waals surface area contributed by atoms with Gasteiger partial charge in [0, 0.05) is 6.04 Å². The summed E-state index contributed by atoms with van der Waals surface area (Å²) < 4.78 is 0. The Morgan fingerprint density at radius 3 is 2.63 bits per heavy atom. The van der Waals surface area contributed by atoms with Crippen LogP contribution in [0.3, 0.4) is 0 Å². The van der Waals surface area contributed by atoms with Crippen molar-refractivity contribution in [2.24, 2.45) is 5.73 Å². The monoisotopic (exact) mass is 251 g/mol. The van der Waals surface area contributed by atoms with Crippen LogP contribution >= 0.6 is 0 Å². The largest absolute Gasteiger partial charge is 0.327 e. The van der Waals surface area contributed by atoms with Gasteiger partial charge in [-0.2, -0.15) is 0 Å². The van der Waals surface area contributed by atoms with Gasteiger partial charge in [-0.15, -0.1) is 0 Å². The third kappa shape index (κ3) is 2.57. The van der Waals surface area contributed by atoms with E-state index in [9.17, 15) is 0 Å². The summed E-state index contributed by atoms with van der Waals surface area (Å²) in [6.07, 6.45) is 3.30. The fourth-order valence-corrected chi connectivity index (χ4v) is 3.14. The molecular weight excluding hydrogens is 230 g/mol. The van der Waals surface area contributed by atoms with E-state index in [1.807, 2.05) is 0 Å². The molecule has 0 aromatic heterocycles. The smallest absolute Gasteiger partial charge is 0.00853 e. The molecule has 0 bridgehead atoms. The maximum atomic E-state index is 6.34. The van der Waals surface area contributed by atoms with Crippen molar-refractivity contribution in [1.29, 1.82) is 0 Å². The topological polar surface area (TPSA) is 26.0 Å². The molecule has 3 rings (SSSR count). The summed E-state index contributed by atoms with van der Waals surface area (Å²) in [6, 6.07) is 17.6. The summed E-state index contributed by atoms with van der Waals surface area (Å²) in [5, 5.41) is 0. The highest BCUT2D eigenvalue weighted by molar-refractivity contribution is 5.40. The Labute approximate surface area is 115 Å². The minimum absolute atomic E-state index is 0.263. The lowest BCUT2D eigenvalue weighted by Crippen LogP contribution is -2.29. The first-order chi connectivity index (χ1) is 9.24. The normalized spacial score (nSPS) is 18.5. The van der Waals surface area contributed by atoms with Crippen LogP contribution < -0.4 is 5.73 Å². The number of benzene rings is 2. The van der Waals surface area contributed by atoms with E-state index in [0.29, 0.717) is 5.92 Å². The van der Waals surface area contributed by atoms with E-state index in [-0.39, 0.29) is 6.04 Å². The van der Waals surface area contributed by atoms with Crippen molar-refractivity contribution in [2.75, 3.05) is 0 Å². The van der Waals surface area contributed by atoms with E-state index < -0.39 is 0 Å². The van der Waals surface area contributed by atoms with Crippen LogP contribution in [0.15, 0.2) is 48.5 Å². The van der Waals surface area contributed by atoms with E-state index in [4.69, 9.17) is 5.73 Å². The highest BCUT2D eigenvalue weighted by Gasteiger charge is 2.26. The molecule has 0 fully saturated rings. The maximum absolute atomic E-state index is 6.34. The Morgan fingerprint density at radius 2 is 1.84 bits per heavy atom. The molecule has 0 radical (unpaired) electrons. The molecule has 2 unspecified atom stereocenters. The van der Waals surface area contributed by atoms with Gasteiger partial charge in [-0.25, -0.2) is 0 Å². The van der Waals surface area contributed by atoms with Gasteiger partial charge in [0.05, 0.1) is 0 Å². The molecule has 0 saturated heterocycles. The predicted octanol–water partition coefficient (Wildman–Crippen LogP) is 3.59. The second-order valence-corrected chi connectivity index (χ2v) is 5.73. The fraction of sp³-hybridized carbons (Fsp3) is 0.333. The van der Waals surface area contributed by atoms with Gasteiger partial charge in [0.25, 0.3) is 0 Å². The minimum atomic E-state index is 0.263. The Morgan fingerprint density at radius 1 is 1.11 bits per heavy atom. The summed E-state index contributed by atoms with van der Waals surface area (Å²) in [5.41, 5.74) is 12.1. The van der Waals surface area contributed by atoms with Crippen LogP contribution in [0, 0.1) is 6.92 Å². The lowest BCUT2D eigenvalue weighted by molar-refractivity contribution is 0.484. The second-order valence-electron chi connectivity index (χ2n) is 5.73. The molecule has 0 spiro atoms. The van der Waals surface area contributed by atoms with Gasteiger partial charge in [0.2, 0.25) is 0 Å². The van der Waals surface area contributed by atoms with Crippen molar-refractivity contribution in [2.45, 2.75) is 38.1 Å². The number of hydrogen-bond donors (Lipinski definition) is 1. The third-order valence-corrected chi connectivity index (χ3v) is 4.29. The molecule has 2 aromatic carbocycles. The molecule has 1 nitrogen and oxygen atoms in total. The molecular formula is C18H21N. The Hall–Kier alpha value is -1.60. The highest BCUT2D eigenvalue weighted by atomic mass is 14.6. The zero-order valence-electron chi connectivity index (χ0n) is 11.5. The van der Waals surface area contributed by atoms with Gasteiger partial charge in [0.15, 0.2) is 0 Å². The summed E-state index contributed by atoms with van der Waals surface area (Å²) >= 11 is 0. The number of nitrogens with two attached hydrogens (primary N) is 1. The van der Waals surface area contributed by atoms with E-state index >= 15 is 0 Å². The zero-order valence-corrected chi connectivity index (χ0v) is 11.5. The molecule has 0 saturated carbocycles. The third-order valence-electron chi connectivity index (χ3n) is 4.29. The molecule has 2 N–H and O–H groups in total. The van der Waals surface area contributed by atoms with E-state index in [2.05, 4.69) is 55.5 Å². The van der Waals surface area contributed by atoms with Crippen molar-refractivity contribution in [1.82, 2.24) is 0 Å². The lowest BCUT2D eigenvalue weighted by atomic mass is 9.74. The molecule has 1 heteroatoms. The molecule has 98 valence electrons. The number of aryl methyl sites for hydroxylation is 1. The SMILES string of the molecule is Cc1ccccc1CC(N)CC1Cc2ccccc21. The molecule has 1 aliphatic carbocycles. The summed E-state index contributed by atoms with van der Waals surface area (Å²) in [6.45, 7) is 2.17. The van der Waals surface area contributed by atoms with Gasteiger partial charge in [-0.05, 0) is 54.4 Å². The number of hydrogen-bond acceptors (Lipinski definition) is 1. The minimum Gasteiger partial charge on any atom is -0.327 e. The zero-order chi connectivity index (χ0) is 13.2. The summed E-state index contributed by atoms with van der Waals surface area (Å²) in [5.74, 6) is 0.676. The quantitative estimate of drug-likeness (QED) is 0.883. The first-order valence-corrected chi connectivity index (χ1v) is 7.12. The van der Waals surface area contributed by atoms with Crippen molar-refractivity contribution in [3.8, 4) is 0 Å². The van der Waals surface area contributed by atoms with Crippen molar-refractivity contribution < 1.29 is 0 Å². The molecule has 1 aliphatic rings. The van der Waals surface area contributed by atoms with Crippen LogP contribution in [0.2, 0.25) is 0 Å².